The van der Waals surface area contributed by atoms with Gasteiger partial charge in [0.2, 0.25) is 0 Å². The van der Waals surface area contributed by atoms with E-state index in [1.165, 1.54) is 19.1 Å². The fraction of sp³-hybridized carbons (Fsp3) is 0.565. The Hall–Kier alpha value is -5.16. The highest BCUT2D eigenvalue weighted by Crippen LogP contribution is 2.64. The molecule has 2 aromatic rings. The van der Waals surface area contributed by atoms with Crippen molar-refractivity contribution in [3.8, 4) is 0 Å². The predicted molar refractivity (Wildman–Crippen MR) is 218 cm³/mol. The van der Waals surface area contributed by atoms with E-state index in [-0.39, 0.29) is 36.2 Å². The lowest BCUT2D eigenvalue weighted by Crippen LogP contribution is -2.82. The van der Waals surface area contributed by atoms with E-state index in [0.29, 0.717) is 5.56 Å². The quantitative estimate of drug-likeness (QED) is 0.149. The van der Waals surface area contributed by atoms with E-state index in [1.54, 1.807) is 90.1 Å². The van der Waals surface area contributed by atoms with Crippen molar-refractivity contribution in [1.82, 2.24) is 5.32 Å². The summed E-state index contributed by atoms with van der Waals surface area (Å²) in [4.78, 5) is 83.3. The third kappa shape index (κ3) is 8.01. The minimum absolute atomic E-state index is 0.0221. The molecule has 1 aliphatic heterocycles. The number of carbonyl (C=O) groups excluding carboxylic acids is 6. The maximum absolute atomic E-state index is 15.6. The number of hydrogen-bond acceptors (Lipinski definition) is 15. The molecule has 6 rings (SSSR count). The van der Waals surface area contributed by atoms with Gasteiger partial charge in [-0.2, -0.15) is 0 Å². The number of rotatable bonds is 10. The first-order valence-corrected chi connectivity index (χ1v) is 20.8. The van der Waals surface area contributed by atoms with Crippen molar-refractivity contribution in [2.45, 2.75) is 141 Å². The number of ketones is 1. The Morgan fingerprint density at radius 3 is 2.06 bits per heavy atom. The van der Waals surface area contributed by atoms with Crippen molar-refractivity contribution in [3.05, 3.63) is 82.9 Å². The number of Topliss-reactive ketones (excluding diaryl/α,β-unsaturated/α-hetero) is 1. The highest BCUT2D eigenvalue weighted by molar-refractivity contribution is 5.95. The summed E-state index contributed by atoms with van der Waals surface area (Å²) in [5, 5.41) is 40.1. The Bertz CT molecular complexity index is 2110. The number of nitrogens with one attached hydrogen (secondary N) is 1. The van der Waals surface area contributed by atoms with Gasteiger partial charge in [-0.15, -0.1) is 0 Å². The number of aliphatic hydroxyl groups excluding tert-OH is 2. The third-order valence-corrected chi connectivity index (χ3v) is 13.0. The summed E-state index contributed by atoms with van der Waals surface area (Å²) in [5.74, 6) is -6.27. The van der Waals surface area contributed by atoms with Crippen molar-refractivity contribution in [1.29, 1.82) is 0 Å². The molecule has 3 fully saturated rings. The minimum atomic E-state index is -2.40. The normalized spacial score (nSPS) is 32.2. The summed E-state index contributed by atoms with van der Waals surface area (Å²) in [6.07, 6.45) is -11.4. The summed E-state index contributed by atoms with van der Waals surface area (Å²) >= 11 is 0. The molecule has 0 radical (unpaired) electrons. The van der Waals surface area contributed by atoms with Crippen LogP contribution >= 0.6 is 0 Å². The minimum Gasteiger partial charge on any atom is -0.456 e. The van der Waals surface area contributed by atoms with Crippen LogP contribution in [0.1, 0.15) is 104 Å². The Morgan fingerprint density at radius 2 is 1.53 bits per heavy atom. The predicted octanol–water partition coefficient (Wildman–Crippen LogP) is 4.22. The van der Waals surface area contributed by atoms with Crippen LogP contribution in [0.25, 0.3) is 0 Å². The first kappa shape index (κ1) is 46.3. The lowest BCUT2D eigenvalue weighted by Gasteiger charge is -2.67. The second-order valence-electron chi connectivity index (χ2n) is 18.4. The molecule has 1 heterocycles. The highest BCUT2D eigenvalue weighted by atomic mass is 16.6. The van der Waals surface area contributed by atoms with Crippen LogP contribution in [0.15, 0.2) is 71.8 Å². The van der Waals surface area contributed by atoms with Crippen LogP contribution in [0.3, 0.4) is 0 Å². The van der Waals surface area contributed by atoms with E-state index in [0.717, 1.165) is 13.8 Å². The molecule has 0 aromatic heterocycles. The third-order valence-electron chi connectivity index (χ3n) is 13.0. The molecule has 1 saturated heterocycles. The van der Waals surface area contributed by atoms with E-state index in [1.807, 2.05) is 0 Å². The zero-order valence-electron chi connectivity index (χ0n) is 36.5. The zero-order chi connectivity index (χ0) is 45.7. The molecule has 2 bridgehead atoms. The van der Waals surface area contributed by atoms with Gasteiger partial charge in [0.05, 0.1) is 35.6 Å². The van der Waals surface area contributed by atoms with Crippen molar-refractivity contribution >= 4 is 35.8 Å². The van der Waals surface area contributed by atoms with E-state index in [9.17, 15) is 39.3 Å². The number of fused-ring (bicyclic) bond motifs is 5. The average Bonchev–Trinajstić information content (AvgIpc) is 3.19. The zero-order valence-corrected chi connectivity index (χ0v) is 36.5. The summed E-state index contributed by atoms with van der Waals surface area (Å²) < 4.78 is 35.8. The molecule has 2 saturated carbocycles. The van der Waals surface area contributed by atoms with Crippen LogP contribution < -0.4 is 5.32 Å². The van der Waals surface area contributed by atoms with Crippen molar-refractivity contribution in [2.75, 3.05) is 6.61 Å². The average molecular weight is 864 g/mol. The maximum Gasteiger partial charge on any atom is 0.408 e. The molecule has 4 aliphatic rings. The molecule has 16 heteroatoms. The number of amides is 1. The molecule has 16 nitrogen and oxygen atoms in total. The van der Waals surface area contributed by atoms with E-state index in [4.69, 9.17) is 28.4 Å². The van der Waals surface area contributed by atoms with Crippen molar-refractivity contribution in [2.24, 2.45) is 16.7 Å². The molecule has 0 unspecified atom stereocenters. The van der Waals surface area contributed by atoms with Crippen LogP contribution in [0.2, 0.25) is 0 Å². The van der Waals surface area contributed by atoms with Gasteiger partial charge in [0, 0.05) is 32.1 Å². The number of esters is 4. The molecule has 0 spiro atoms. The summed E-state index contributed by atoms with van der Waals surface area (Å²) in [6.45, 7) is 13.1. The Morgan fingerprint density at radius 1 is 0.919 bits per heavy atom. The smallest absolute Gasteiger partial charge is 0.408 e. The van der Waals surface area contributed by atoms with E-state index < -0.39 is 118 Å². The van der Waals surface area contributed by atoms with Gasteiger partial charge < -0.3 is 49.1 Å². The fourth-order valence-electron chi connectivity index (χ4n) is 10.0. The first-order chi connectivity index (χ1) is 28.9. The van der Waals surface area contributed by atoms with Crippen LogP contribution in [0.5, 0.6) is 0 Å². The summed E-state index contributed by atoms with van der Waals surface area (Å²) in [5.41, 5.74) is -8.17. The van der Waals surface area contributed by atoms with Crippen molar-refractivity contribution in [3.63, 3.8) is 0 Å². The summed E-state index contributed by atoms with van der Waals surface area (Å²) in [7, 11) is 0. The SMILES string of the molecule is CCC1=C2[C@@H](OC(C)=O)C(=O)[C@@]3(C)[C@H]([C@H](OC(=O)c4ccccc4)[C@](O)(C[C@@H]1OC(=O)[C@H](O)[C@@H](NC(=O)OC(C)(C)C)c1ccccc1)C2(C)C)[C@]1(OC(C)=O)CO[C@@H]1C[C@@H]3O. The monoisotopic (exact) mass is 863 g/mol. The molecule has 3 aliphatic carbocycles. The summed E-state index contributed by atoms with van der Waals surface area (Å²) in [6, 6.07) is 14.6. The standard InChI is InChI=1S/C46H57NO15/c1-10-28-29(59-40(54)34(51)33(26-17-13-11-14-18-26)47-41(55)62-42(4,5)6)22-46(56)38(60-39(53)27-19-15-12-16-20-27)36-44(9,30(50)21-31-45(36,23-57-31)61-25(3)49)37(52)35(58-24(2)48)32(28)43(46,7)8/h11-20,29-31,33-36,38,50-51,56H,10,21-23H2,1-9H3,(H,47,55)/t29-,30-,31+,33-,34+,35+,36-,38-,44+,45-,46+/m0/s1. The highest BCUT2D eigenvalue weighted by Gasteiger charge is 2.78. The largest absolute Gasteiger partial charge is 0.456 e. The van der Waals surface area contributed by atoms with Gasteiger partial charge in [0.15, 0.2) is 23.6 Å². The van der Waals surface area contributed by atoms with Gasteiger partial charge in [0.25, 0.3) is 0 Å². The van der Waals surface area contributed by atoms with Gasteiger partial charge in [-0.3, -0.25) is 14.4 Å². The van der Waals surface area contributed by atoms with E-state index in [2.05, 4.69) is 5.32 Å². The topological polar surface area (TPSA) is 231 Å². The van der Waals surface area contributed by atoms with E-state index >= 15 is 4.79 Å². The molecule has 4 N–H and O–H groups in total. The molecular weight excluding hydrogens is 806 g/mol. The van der Waals surface area contributed by atoms with Gasteiger partial charge in [-0.05, 0) is 63.0 Å². The van der Waals surface area contributed by atoms with Gasteiger partial charge in [0.1, 0.15) is 29.5 Å². The number of aliphatic hydroxyl groups is 3. The first-order valence-electron chi connectivity index (χ1n) is 20.8. The second kappa shape index (κ2) is 16.8. The molecular formula is C46H57NO15. The number of carbonyl (C=O) groups is 6. The lowest BCUT2D eigenvalue weighted by molar-refractivity contribution is -0.346. The molecule has 62 heavy (non-hydrogen) atoms. The molecule has 2 aromatic carbocycles. The Kier molecular flexibility index (Phi) is 12.6. The van der Waals surface area contributed by atoms with Crippen LogP contribution in [0, 0.1) is 16.7 Å². The second-order valence-corrected chi connectivity index (χ2v) is 18.4. The number of benzene rings is 2. The molecule has 1 amide bonds. The van der Waals surface area contributed by atoms with Gasteiger partial charge >= 0.3 is 30.0 Å². The van der Waals surface area contributed by atoms with Gasteiger partial charge in [-0.1, -0.05) is 69.3 Å². The van der Waals surface area contributed by atoms with Crippen LogP contribution in [-0.2, 0) is 47.6 Å². The Labute approximate surface area is 360 Å². The fourth-order valence-corrected chi connectivity index (χ4v) is 10.0. The lowest BCUT2D eigenvalue weighted by atomic mass is 9.44. The number of alkyl carbamates (subject to hydrolysis) is 1. The van der Waals surface area contributed by atoms with Crippen molar-refractivity contribution < 1.29 is 72.5 Å². The maximum atomic E-state index is 15.6. The van der Waals surface area contributed by atoms with Gasteiger partial charge in [-0.25, -0.2) is 14.4 Å². The molecule has 336 valence electrons. The Balaban J connectivity index is 1.56. The number of hydrogen-bond donors (Lipinski definition) is 4. The van der Waals surface area contributed by atoms with Crippen LogP contribution in [-0.4, -0.2) is 111 Å². The number of ether oxygens (including phenoxy) is 6. The molecule has 11 atom stereocenters. The van der Waals surface area contributed by atoms with Crippen LogP contribution in [0.4, 0.5) is 4.79 Å².